The Labute approximate surface area is 229 Å². The van der Waals surface area contributed by atoms with Crippen molar-refractivity contribution in [2.45, 2.75) is 19.7 Å². The number of nitrogens with one attached hydrogen (secondary N) is 1. The fourth-order valence-electron chi connectivity index (χ4n) is 4.66. The SMILES string of the molecule is CN(C)CCNC(=O)OCc1cc(F)c(F)cc1-c1ccc2nc(N)nc(C(=O)N3Cc4ccccc4C3)c2c1. The van der Waals surface area contributed by atoms with Crippen molar-refractivity contribution in [3.8, 4) is 11.1 Å². The van der Waals surface area contributed by atoms with Crippen molar-refractivity contribution in [1.82, 2.24) is 25.1 Å². The van der Waals surface area contributed by atoms with Gasteiger partial charge in [-0.25, -0.2) is 23.5 Å². The van der Waals surface area contributed by atoms with E-state index in [9.17, 15) is 18.4 Å². The fraction of sp³-hybridized carbons (Fsp3) is 0.241. The number of hydrogen-bond donors (Lipinski definition) is 2. The number of halogens is 2. The summed E-state index contributed by atoms with van der Waals surface area (Å²) in [4.78, 5) is 37.8. The van der Waals surface area contributed by atoms with Crippen LogP contribution in [0, 0.1) is 11.6 Å². The molecule has 0 saturated heterocycles. The summed E-state index contributed by atoms with van der Waals surface area (Å²) in [6, 6.07) is 14.8. The summed E-state index contributed by atoms with van der Waals surface area (Å²) in [5, 5.41) is 3.02. The molecule has 0 radical (unpaired) electrons. The monoisotopic (exact) mass is 546 g/mol. The van der Waals surface area contributed by atoms with Crippen LogP contribution >= 0.6 is 0 Å². The molecular formula is C29H28F2N6O3. The minimum absolute atomic E-state index is 0.0532. The number of nitrogen functional groups attached to an aromatic ring is 1. The predicted molar refractivity (Wildman–Crippen MR) is 146 cm³/mol. The molecule has 206 valence electrons. The standard InChI is InChI=1S/C29H28F2N6O3/c1-36(2)10-9-33-29(39)40-16-20-12-23(30)24(31)13-21(20)17-7-8-25-22(11-17)26(35-28(32)34-25)27(38)37-14-18-5-3-4-6-19(18)15-37/h3-8,11-13H,9-10,14-16H2,1-2H3,(H,33,39)(H2,32,34,35). The minimum atomic E-state index is -1.07. The number of fused-ring (bicyclic) bond motifs is 2. The lowest BCUT2D eigenvalue weighted by Crippen LogP contribution is -2.31. The highest BCUT2D eigenvalue weighted by Gasteiger charge is 2.27. The molecule has 2 amide bonds. The summed E-state index contributed by atoms with van der Waals surface area (Å²) < 4.78 is 33.9. The largest absolute Gasteiger partial charge is 0.445 e. The molecule has 0 bridgehead atoms. The van der Waals surface area contributed by atoms with E-state index < -0.39 is 17.7 Å². The van der Waals surface area contributed by atoms with E-state index in [1.54, 1.807) is 23.1 Å². The lowest BCUT2D eigenvalue weighted by Gasteiger charge is -2.17. The van der Waals surface area contributed by atoms with Crippen molar-refractivity contribution >= 4 is 28.9 Å². The number of carbonyl (C=O) groups is 2. The number of anilines is 1. The number of alkyl carbamates (subject to hydrolysis) is 1. The molecule has 11 heteroatoms. The fourth-order valence-corrected chi connectivity index (χ4v) is 4.66. The predicted octanol–water partition coefficient (Wildman–Crippen LogP) is 4.10. The first-order valence-electron chi connectivity index (χ1n) is 12.7. The average molecular weight is 547 g/mol. The second kappa shape index (κ2) is 11.2. The van der Waals surface area contributed by atoms with Crippen LogP contribution in [-0.2, 0) is 24.4 Å². The van der Waals surface area contributed by atoms with Gasteiger partial charge in [0.2, 0.25) is 5.95 Å². The molecule has 4 aromatic rings. The van der Waals surface area contributed by atoms with Crippen LogP contribution in [0.25, 0.3) is 22.0 Å². The van der Waals surface area contributed by atoms with E-state index in [0.717, 1.165) is 23.3 Å². The maximum Gasteiger partial charge on any atom is 0.407 e. The highest BCUT2D eigenvalue weighted by Crippen LogP contribution is 2.32. The van der Waals surface area contributed by atoms with E-state index in [0.29, 0.717) is 48.2 Å². The first kappa shape index (κ1) is 26.9. The molecule has 0 fully saturated rings. The third-order valence-electron chi connectivity index (χ3n) is 6.69. The summed E-state index contributed by atoms with van der Waals surface area (Å²) in [5.41, 5.74) is 9.59. The van der Waals surface area contributed by atoms with Crippen LogP contribution in [0.2, 0.25) is 0 Å². The van der Waals surface area contributed by atoms with Gasteiger partial charge in [-0.2, -0.15) is 0 Å². The molecule has 1 aliphatic rings. The third-order valence-corrected chi connectivity index (χ3v) is 6.69. The molecule has 3 aromatic carbocycles. The Hall–Kier alpha value is -4.64. The molecular weight excluding hydrogens is 518 g/mol. The maximum absolute atomic E-state index is 14.4. The highest BCUT2D eigenvalue weighted by atomic mass is 19.2. The smallest absolute Gasteiger partial charge is 0.407 e. The van der Waals surface area contributed by atoms with Crippen LogP contribution in [0.3, 0.4) is 0 Å². The summed E-state index contributed by atoms with van der Waals surface area (Å²) in [6.45, 7) is 1.54. The van der Waals surface area contributed by atoms with Gasteiger partial charge in [0.25, 0.3) is 5.91 Å². The van der Waals surface area contributed by atoms with Crippen LogP contribution in [0.15, 0.2) is 54.6 Å². The van der Waals surface area contributed by atoms with Crippen molar-refractivity contribution in [3.05, 3.63) is 88.6 Å². The van der Waals surface area contributed by atoms with Gasteiger partial charge in [-0.1, -0.05) is 30.3 Å². The van der Waals surface area contributed by atoms with Gasteiger partial charge in [-0.3, -0.25) is 4.79 Å². The zero-order valence-corrected chi connectivity index (χ0v) is 22.1. The Bertz CT molecular complexity index is 1590. The quantitative estimate of drug-likeness (QED) is 0.359. The van der Waals surface area contributed by atoms with E-state index in [1.165, 1.54) is 0 Å². The lowest BCUT2D eigenvalue weighted by atomic mass is 9.97. The molecule has 9 nitrogen and oxygen atoms in total. The van der Waals surface area contributed by atoms with Crippen molar-refractivity contribution in [2.75, 3.05) is 32.9 Å². The number of carbonyl (C=O) groups excluding carboxylic acids is 2. The molecule has 40 heavy (non-hydrogen) atoms. The zero-order valence-electron chi connectivity index (χ0n) is 22.1. The first-order chi connectivity index (χ1) is 19.2. The van der Waals surface area contributed by atoms with E-state index in [-0.39, 0.29) is 29.7 Å². The van der Waals surface area contributed by atoms with Crippen LogP contribution in [-0.4, -0.2) is 59.0 Å². The number of nitrogens with zero attached hydrogens (tertiary/aromatic N) is 4. The van der Waals surface area contributed by atoms with Gasteiger partial charge in [0.15, 0.2) is 11.6 Å². The number of aromatic nitrogens is 2. The molecule has 0 unspecified atom stereocenters. The second-order valence-corrected chi connectivity index (χ2v) is 9.82. The Morgan fingerprint density at radius 1 is 1.02 bits per heavy atom. The van der Waals surface area contributed by atoms with E-state index in [4.69, 9.17) is 10.5 Å². The number of benzene rings is 3. The van der Waals surface area contributed by atoms with Gasteiger partial charge in [0, 0.05) is 37.1 Å². The Kier molecular flexibility index (Phi) is 7.56. The minimum Gasteiger partial charge on any atom is -0.445 e. The van der Waals surface area contributed by atoms with Crippen molar-refractivity contribution in [2.24, 2.45) is 0 Å². The lowest BCUT2D eigenvalue weighted by molar-refractivity contribution is 0.0747. The number of ether oxygens (including phenoxy) is 1. The number of rotatable bonds is 7. The molecule has 3 N–H and O–H groups in total. The third kappa shape index (κ3) is 5.69. The van der Waals surface area contributed by atoms with Crippen LogP contribution < -0.4 is 11.1 Å². The highest BCUT2D eigenvalue weighted by molar-refractivity contribution is 6.06. The summed E-state index contributed by atoms with van der Waals surface area (Å²) in [7, 11) is 3.74. The van der Waals surface area contributed by atoms with Crippen molar-refractivity contribution in [1.29, 1.82) is 0 Å². The Morgan fingerprint density at radius 3 is 2.42 bits per heavy atom. The number of hydrogen-bond acceptors (Lipinski definition) is 7. The molecule has 0 aliphatic carbocycles. The van der Waals surface area contributed by atoms with Gasteiger partial charge < -0.3 is 25.6 Å². The number of nitrogens with two attached hydrogens (primary N) is 1. The van der Waals surface area contributed by atoms with Crippen LogP contribution in [0.4, 0.5) is 19.5 Å². The molecule has 2 heterocycles. The molecule has 1 aromatic heterocycles. The zero-order chi connectivity index (χ0) is 28.4. The maximum atomic E-state index is 14.4. The van der Waals surface area contributed by atoms with E-state index >= 15 is 0 Å². The summed E-state index contributed by atoms with van der Waals surface area (Å²) in [6.07, 6.45) is -0.681. The van der Waals surface area contributed by atoms with Gasteiger partial charge in [-0.05, 0) is 60.6 Å². The molecule has 5 rings (SSSR count). The summed E-state index contributed by atoms with van der Waals surface area (Å²) >= 11 is 0. The van der Waals surface area contributed by atoms with Gasteiger partial charge in [-0.15, -0.1) is 0 Å². The van der Waals surface area contributed by atoms with Crippen LogP contribution in [0.1, 0.15) is 27.2 Å². The van der Waals surface area contributed by atoms with Crippen molar-refractivity contribution < 1.29 is 23.1 Å². The van der Waals surface area contributed by atoms with E-state index in [2.05, 4.69) is 15.3 Å². The normalized spacial score (nSPS) is 12.6. The van der Waals surface area contributed by atoms with E-state index in [1.807, 2.05) is 43.3 Å². The molecule has 1 aliphatic heterocycles. The number of likely N-dealkylation sites (N-methyl/N-ethyl adjacent to an activating group) is 1. The topological polar surface area (TPSA) is 114 Å². The first-order valence-corrected chi connectivity index (χ1v) is 12.7. The molecule has 0 atom stereocenters. The van der Waals surface area contributed by atoms with Gasteiger partial charge >= 0.3 is 6.09 Å². The molecule has 0 spiro atoms. The Balaban J connectivity index is 1.47. The summed E-state index contributed by atoms with van der Waals surface area (Å²) in [5.74, 6) is -2.51. The van der Waals surface area contributed by atoms with Crippen LogP contribution in [0.5, 0.6) is 0 Å². The van der Waals surface area contributed by atoms with Gasteiger partial charge in [0.1, 0.15) is 12.3 Å². The second-order valence-electron chi connectivity index (χ2n) is 9.82. The number of amides is 2. The van der Waals surface area contributed by atoms with Gasteiger partial charge in [0.05, 0.1) is 5.52 Å². The average Bonchev–Trinajstić information content (AvgIpc) is 3.36. The Morgan fingerprint density at radius 2 is 1.73 bits per heavy atom. The van der Waals surface area contributed by atoms with Crippen molar-refractivity contribution in [3.63, 3.8) is 0 Å². The molecule has 0 saturated carbocycles.